The fourth-order valence-electron chi connectivity index (χ4n) is 2.07. The number of halogens is 1. The van der Waals surface area contributed by atoms with Crippen molar-refractivity contribution in [1.82, 2.24) is 0 Å². The van der Waals surface area contributed by atoms with Crippen LogP contribution in [0.2, 0.25) is 5.02 Å². The lowest BCUT2D eigenvalue weighted by molar-refractivity contribution is 0.103. The lowest BCUT2D eigenvalue weighted by atomic mass is 9.99. The second-order valence-corrected chi connectivity index (χ2v) is 5.08. The van der Waals surface area contributed by atoms with Gasteiger partial charge in [-0.2, -0.15) is 0 Å². The standard InChI is InChI=1S/C17H17ClO2/c1-4-20-15-9-8-11(2)10-14(15)17(19)13-7-5-6-12(3)16(13)18/h5-10H,4H2,1-3H3. The van der Waals surface area contributed by atoms with Gasteiger partial charge in [-0.15, -0.1) is 0 Å². The van der Waals surface area contributed by atoms with E-state index in [1.807, 2.05) is 51.1 Å². The van der Waals surface area contributed by atoms with Gasteiger partial charge in [-0.05, 0) is 44.5 Å². The molecule has 0 aliphatic rings. The third kappa shape index (κ3) is 2.86. The molecule has 3 heteroatoms. The van der Waals surface area contributed by atoms with E-state index in [4.69, 9.17) is 16.3 Å². The molecule has 0 fully saturated rings. The van der Waals surface area contributed by atoms with Crippen LogP contribution >= 0.6 is 11.6 Å². The fraction of sp³-hybridized carbons (Fsp3) is 0.235. The molecule has 0 spiro atoms. The number of ketones is 1. The first-order chi connectivity index (χ1) is 9.54. The van der Waals surface area contributed by atoms with Gasteiger partial charge in [0.1, 0.15) is 5.75 Å². The zero-order valence-electron chi connectivity index (χ0n) is 11.9. The van der Waals surface area contributed by atoms with Gasteiger partial charge in [0.2, 0.25) is 0 Å². The minimum absolute atomic E-state index is 0.106. The van der Waals surface area contributed by atoms with Crippen LogP contribution in [0.5, 0.6) is 5.75 Å². The zero-order valence-corrected chi connectivity index (χ0v) is 12.6. The Kier molecular flexibility index (Phi) is 4.46. The molecule has 0 unspecified atom stereocenters. The normalized spacial score (nSPS) is 10.4. The van der Waals surface area contributed by atoms with Gasteiger partial charge in [0.15, 0.2) is 5.78 Å². The second kappa shape index (κ2) is 6.10. The average Bonchev–Trinajstić information content (AvgIpc) is 2.43. The highest BCUT2D eigenvalue weighted by Crippen LogP contribution is 2.28. The number of carbonyl (C=O) groups excluding carboxylic acids is 1. The number of hydrogen-bond acceptors (Lipinski definition) is 2. The number of ether oxygens (including phenoxy) is 1. The van der Waals surface area contributed by atoms with Crippen LogP contribution in [0.4, 0.5) is 0 Å². The van der Waals surface area contributed by atoms with E-state index < -0.39 is 0 Å². The molecule has 0 aliphatic heterocycles. The van der Waals surface area contributed by atoms with Crippen molar-refractivity contribution in [2.24, 2.45) is 0 Å². The maximum atomic E-state index is 12.7. The molecule has 104 valence electrons. The molecule has 0 heterocycles. The largest absolute Gasteiger partial charge is 0.493 e. The minimum atomic E-state index is -0.106. The van der Waals surface area contributed by atoms with Crippen LogP contribution in [0.25, 0.3) is 0 Å². The van der Waals surface area contributed by atoms with E-state index in [9.17, 15) is 4.79 Å². The molecule has 0 aromatic heterocycles. The smallest absolute Gasteiger partial charge is 0.198 e. The number of benzene rings is 2. The van der Waals surface area contributed by atoms with Crippen LogP contribution in [-0.4, -0.2) is 12.4 Å². The minimum Gasteiger partial charge on any atom is -0.493 e. The lowest BCUT2D eigenvalue weighted by Gasteiger charge is -2.12. The summed E-state index contributed by atoms with van der Waals surface area (Å²) >= 11 is 6.25. The fourth-order valence-corrected chi connectivity index (χ4v) is 2.28. The van der Waals surface area contributed by atoms with Gasteiger partial charge in [0.25, 0.3) is 0 Å². The molecule has 0 bridgehead atoms. The molecule has 2 rings (SSSR count). The summed E-state index contributed by atoms with van der Waals surface area (Å²) < 4.78 is 5.54. The van der Waals surface area contributed by atoms with Gasteiger partial charge in [-0.3, -0.25) is 4.79 Å². The highest BCUT2D eigenvalue weighted by atomic mass is 35.5. The van der Waals surface area contributed by atoms with Gasteiger partial charge in [0, 0.05) is 5.56 Å². The summed E-state index contributed by atoms with van der Waals surface area (Å²) in [4.78, 5) is 12.7. The van der Waals surface area contributed by atoms with E-state index >= 15 is 0 Å². The molecule has 2 aromatic carbocycles. The first-order valence-corrected chi connectivity index (χ1v) is 6.95. The molecule has 0 saturated carbocycles. The van der Waals surface area contributed by atoms with Gasteiger partial charge in [-0.25, -0.2) is 0 Å². The predicted octanol–water partition coefficient (Wildman–Crippen LogP) is 4.59. The Balaban J connectivity index is 2.52. The van der Waals surface area contributed by atoms with Gasteiger partial charge in [-0.1, -0.05) is 35.4 Å². The number of carbonyl (C=O) groups is 1. The van der Waals surface area contributed by atoms with Gasteiger partial charge < -0.3 is 4.74 Å². The van der Waals surface area contributed by atoms with Crippen LogP contribution in [0.1, 0.15) is 34.0 Å². The Bertz CT molecular complexity index is 647. The third-order valence-corrected chi connectivity index (χ3v) is 3.62. The zero-order chi connectivity index (χ0) is 14.7. The summed E-state index contributed by atoms with van der Waals surface area (Å²) in [6.07, 6.45) is 0. The van der Waals surface area contributed by atoms with Crippen molar-refractivity contribution in [1.29, 1.82) is 0 Å². The van der Waals surface area contributed by atoms with Crippen molar-refractivity contribution in [2.75, 3.05) is 6.61 Å². The Morgan fingerprint density at radius 1 is 1.15 bits per heavy atom. The van der Waals surface area contributed by atoms with Crippen LogP contribution in [-0.2, 0) is 0 Å². The van der Waals surface area contributed by atoms with Gasteiger partial charge in [0.05, 0.1) is 17.2 Å². The SMILES string of the molecule is CCOc1ccc(C)cc1C(=O)c1cccc(C)c1Cl. The lowest BCUT2D eigenvalue weighted by Crippen LogP contribution is -2.07. The number of aryl methyl sites for hydroxylation is 2. The van der Waals surface area contributed by atoms with Crippen LogP contribution in [0, 0.1) is 13.8 Å². The molecule has 0 N–H and O–H groups in total. The number of rotatable bonds is 4. The summed E-state index contributed by atoms with van der Waals surface area (Å²) in [5, 5.41) is 0.501. The highest BCUT2D eigenvalue weighted by molar-refractivity contribution is 6.35. The maximum Gasteiger partial charge on any atom is 0.198 e. The Hall–Kier alpha value is -1.80. The molecular weight excluding hydrogens is 272 g/mol. The molecule has 0 saturated heterocycles. The summed E-state index contributed by atoms with van der Waals surface area (Å²) in [6.45, 7) is 6.25. The van der Waals surface area contributed by atoms with Crippen molar-refractivity contribution < 1.29 is 9.53 Å². The van der Waals surface area contributed by atoms with Crippen molar-refractivity contribution in [3.8, 4) is 5.75 Å². The molecule has 20 heavy (non-hydrogen) atoms. The average molecular weight is 289 g/mol. The van der Waals surface area contributed by atoms with Crippen molar-refractivity contribution in [2.45, 2.75) is 20.8 Å². The molecular formula is C17H17ClO2. The van der Waals surface area contributed by atoms with Crippen LogP contribution in [0.3, 0.4) is 0 Å². The summed E-state index contributed by atoms with van der Waals surface area (Å²) in [7, 11) is 0. The van der Waals surface area contributed by atoms with E-state index in [2.05, 4.69) is 0 Å². The van der Waals surface area contributed by atoms with E-state index in [-0.39, 0.29) is 5.78 Å². The summed E-state index contributed by atoms with van der Waals surface area (Å²) in [5.41, 5.74) is 2.97. The Labute approximate surface area is 124 Å². The second-order valence-electron chi connectivity index (χ2n) is 4.70. The monoisotopic (exact) mass is 288 g/mol. The van der Waals surface area contributed by atoms with Crippen molar-refractivity contribution in [3.05, 3.63) is 63.7 Å². The quantitative estimate of drug-likeness (QED) is 0.769. The van der Waals surface area contributed by atoms with Crippen LogP contribution < -0.4 is 4.74 Å². The van der Waals surface area contributed by atoms with E-state index in [0.29, 0.717) is 28.5 Å². The van der Waals surface area contributed by atoms with E-state index in [1.165, 1.54) is 0 Å². The molecule has 0 aliphatic carbocycles. The molecule has 2 aromatic rings. The maximum absolute atomic E-state index is 12.7. The van der Waals surface area contributed by atoms with Crippen molar-refractivity contribution >= 4 is 17.4 Å². The summed E-state index contributed by atoms with van der Waals surface area (Å²) in [6, 6.07) is 11.1. The topological polar surface area (TPSA) is 26.3 Å². The molecule has 0 amide bonds. The first kappa shape index (κ1) is 14.6. The highest BCUT2D eigenvalue weighted by Gasteiger charge is 2.18. The van der Waals surface area contributed by atoms with E-state index in [0.717, 1.165) is 11.1 Å². The summed E-state index contributed by atoms with van der Waals surface area (Å²) in [5.74, 6) is 0.492. The Morgan fingerprint density at radius 2 is 1.90 bits per heavy atom. The van der Waals surface area contributed by atoms with Crippen LogP contribution in [0.15, 0.2) is 36.4 Å². The molecule has 2 nitrogen and oxygen atoms in total. The molecule has 0 atom stereocenters. The third-order valence-electron chi connectivity index (χ3n) is 3.12. The first-order valence-electron chi connectivity index (χ1n) is 6.58. The van der Waals surface area contributed by atoms with Gasteiger partial charge >= 0.3 is 0 Å². The number of hydrogen-bond donors (Lipinski definition) is 0. The Morgan fingerprint density at radius 3 is 2.60 bits per heavy atom. The van der Waals surface area contributed by atoms with E-state index in [1.54, 1.807) is 6.07 Å². The van der Waals surface area contributed by atoms with Crippen molar-refractivity contribution in [3.63, 3.8) is 0 Å². The predicted molar refractivity (Wildman–Crippen MR) is 82.0 cm³/mol. The molecule has 0 radical (unpaired) electrons.